The van der Waals surface area contributed by atoms with E-state index in [9.17, 15) is 18.5 Å². The second-order valence-electron chi connectivity index (χ2n) is 4.86. The number of nitrogens with zero attached hydrogens (tertiary/aromatic N) is 2. The summed E-state index contributed by atoms with van der Waals surface area (Å²) in [5.74, 6) is -0.167. The van der Waals surface area contributed by atoms with Gasteiger partial charge in [0, 0.05) is 23.7 Å². The van der Waals surface area contributed by atoms with E-state index in [1.54, 1.807) is 12.1 Å². The third-order valence-corrected chi connectivity index (χ3v) is 5.11. The fraction of sp³-hybridized carbons (Fsp3) is 0. The topological polar surface area (TPSA) is 99.4 Å². The molecule has 0 bridgehead atoms. The first-order valence-corrected chi connectivity index (χ1v) is 8.88. The summed E-state index contributed by atoms with van der Waals surface area (Å²) in [4.78, 5) is 13.8. The molecule has 7 nitrogen and oxygen atoms in total. The van der Waals surface area contributed by atoms with Crippen LogP contribution in [0.15, 0.2) is 53.6 Å². The summed E-state index contributed by atoms with van der Waals surface area (Å²) in [7, 11) is -4.27. The van der Waals surface area contributed by atoms with Crippen molar-refractivity contribution < 1.29 is 17.5 Å². The van der Waals surface area contributed by atoms with Gasteiger partial charge in [0.25, 0.3) is 5.69 Å². The number of halogens is 2. The molecule has 0 saturated carbocycles. The fourth-order valence-corrected chi connectivity index (χ4v) is 3.67. The van der Waals surface area contributed by atoms with Crippen molar-refractivity contribution >= 4 is 49.9 Å². The molecule has 0 aliphatic heterocycles. The molecule has 0 radical (unpaired) electrons. The molecule has 1 heterocycles. The molecule has 0 aliphatic carbocycles. The van der Waals surface area contributed by atoms with Gasteiger partial charge in [0.1, 0.15) is 10.4 Å². The molecule has 0 atom stereocenters. The lowest BCUT2D eigenvalue weighted by molar-refractivity contribution is -0.384. The smallest absolute Gasteiger partial charge is 0.339 e. The maximum absolute atomic E-state index is 12.5. The Labute approximate surface area is 152 Å². The van der Waals surface area contributed by atoms with Crippen LogP contribution in [0.25, 0.3) is 10.9 Å². The lowest BCUT2D eigenvalue weighted by Gasteiger charge is -2.11. The predicted octanol–water partition coefficient (Wildman–Crippen LogP) is 4.22. The van der Waals surface area contributed by atoms with E-state index in [-0.39, 0.29) is 26.9 Å². The SMILES string of the molecule is O=[N+]([O-])c1ccc(S(=O)(=O)Oc2c(Cl)cc(Cl)c3cccnc23)cc1. The predicted molar refractivity (Wildman–Crippen MR) is 92.7 cm³/mol. The van der Waals surface area contributed by atoms with Crippen LogP contribution >= 0.6 is 23.2 Å². The van der Waals surface area contributed by atoms with E-state index in [2.05, 4.69) is 4.98 Å². The van der Waals surface area contributed by atoms with Crippen LogP contribution in [0.2, 0.25) is 10.0 Å². The number of non-ortho nitro benzene ring substituents is 1. The van der Waals surface area contributed by atoms with Crippen LogP contribution in [0.5, 0.6) is 5.75 Å². The zero-order valence-corrected chi connectivity index (χ0v) is 14.5. The van der Waals surface area contributed by atoms with Crippen molar-refractivity contribution in [2.45, 2.75) is 4.90 Å². The Bertz CT molecular complexity index is 1090. The van der Waals surface area contributed by atoms with Crippen molar-refractivity contribution in [3.63, 3.8) is 0 Å². The van der Waals surface area contributed by atoms with Gasteiger partial charge in [0.2, 0.25) is 0 Å². The summed E-state index contributed by atoms with van der Waals surface area (Å²) in [6.45, 7) is 0. The normalized spacial score (nSPS) is 11.4. The number of hydrogen-bond acceptors (Lipinski definition) is 6. The maximum atomic E-state index is 12.5. The van der Waals surface area contributed by atoms with Gasteiger partial charge in [0.15, 0.2) is 5.75 Å². The Morgan fingerprint density at radius 1 is 1.08 bits per heavy atom. The highest BCUT2D eigenvalue weighted by Crippen LogP contribution is 2.38. The Morgan fingerprint density at radius 2 is 1.76 bits per heavy atom. The van der Waals surface area contributed by atoms with E-state index in [0.29, 0.717) is 10.4 Å². The first-order chi connectivity index (χ1) is 11.8. The molecule has 0 N–H and O–H groups in total. The van der Waals surface area contributed by atoms with Gasteiger partial charge < -0.3 is 4.18 Å². The quantitative estimate of drug-likeness (QED) is 0.370. The molecule has 1 aromatic heterocycles. The van der Waals surface area contributed by atoms with Crippen molar-refractivity contribution in [1.82, 2.24) is 4.98 Å². The van der Waals surface area contributed by atoms with Gasteiger partial charge in [0.05, 0.1) is 15.0 Å². The Kier molecular flexibility index (Phi) is 4.51. The summed E-state index contributed by atoms with van der Waals surface area (Å²) >= 11 is 12.1. The van der Waals surface area contributed by atoms with Crippen LogP contribution in [0.1, 0.15) is 0 Å². The van der Waals surface area contributed by atoms with Crippen LogP contribution in [0.3, 0.4) is 0 Å². The maximum Gasteiger partial charge on any atom is 0.339 e. The van der Waals surface area contributed by atoms with E-state index >= 15 is 0 Å². The molecule has 0 amide bonds. The summed E-state index contributed by atoms with van der Waals surface area (Å²) in [6, 6.07) is 8.92. The van der Waals surface area contributed by atoms with Crippen molar-refractivity contribution in [3.05, 3.63) is 68.8 Å². The number of benzene rings is 2. The molecule has 10 heteroatoms. The Morgan fingerprint density at radius 3 is 2.40 bits per heavy atom. The standard InChI is InChI=1S/C15H8Cl2N2O5S/c16-12-8-13(17)15(14-11(12)2-1-7-18-14)24-25(22,23)10-5-3-9(4-6-10)19(20)21/h1-8H. The molecule has 128 valence electrons. The first kappa shape index (κ1) is 17.4. The third-order valence-electron chi connectivity index (χ3n) is 3.28. The molecular formula is C15H8Cl2N2O5S. The second-order valence-corrected chi connectivity index (χ2v) is 7.22. The van der Waals surface area contributed by atoms with E-state index < -0.39 is 15.0 Å². The minimum atomic E-state index is -4.27. The van der Waals surface area contributed by atoms with E-state index in [1.165, 1.54) is 12.3 Å². The highest BCUT2D eigenvalue weighted by atomic mass is 35.5. The molecule has 3 rings (SSSR count). The highest BCUT2D eigenvalue weighted by molar-refractivity contribution is 7.87. The van der Waals surface area contributed by atoms with Crippen molar-refractivity contribution in [2.24, 2.45) is 0 Å². The van der Waals surface area contributed by atoms with Gasteiger partial charge in [-0.05, 0) is 30.3 Å². The number of pyridine rings is 1. The van der Waals surface area contributed by atoms with Crippen LogP contribution in [-0.2, 0) is 10.1 Å². The van der Waals surface area contributed by atoms with E-state index in [4.69, 9.17) is 27.4 Å². The highest BCUT2D eigenvalue weighted by Gasteiger charge is 2.22. The number of hydrogen-bond donors (Lipinski definition) is 0. The van der Waals surface area contributed by atoms with Crippen molar-refractivity contribution in [3.8, 4) is 5.75 Å². The number of fused-ring (bicyclic) bond motifs is 1. The second kappa shape index (κ2) is 6.47. The number of nitro benzene ring substituents is 1. The Balaban J connectivity index is 2.07. The average molecular weight is 399 g/mol. The molecule has 25 heavy (non-hydrogen) atoms. The minimum Gasteiger partial charge on any atom is -0.375 e. The van der Waals surface area contributed by atoms with E-state index in [0.717, 1.165) is 24.3 Å². The molecular weight excluding hydrogens is 391 g/mol. The van der Waals surface area contributed by atoms with Gasteiger partial charge in [-0.25, -0.2) is 0 Å². The van der Waals surface area contributed by atoms with Gasteiger partial charge in [-0.3, -0.25) is 15.1 Å². The number of rotatable bonds is 4. The Hall–Kier alpha value is -2.42. The van der Waals surface area contributed by atoms with Gasteiger partial charge >= 0.3 is 10.1 Å². The third kappa shape index (κ3) is 3.37. The van der Waals surface area contributed by atoms with Crippen molar-refractivity contribution in [2.75, 3.05) is 0 Å². The summed E-state index contributed by atoms with van der Waals surface area (Å²) in [5, 5.41) is 11.4. The number of nitro groups is 1. The van der Waals surface area contributed by atoms with E-state index in [1.807, 2.05) is 0 Å². The summed E-state index contributed by atoms with van der Waals surface area (Å²) < 4.78 is 30.0. The summed E-state index contributed by atoms with van der Waals surface area (Å²) in [6.07, 6.45) is 1.44. The largest absolute Gasteiger partial charge is 0.375 e. The monoisotopic (exact) mass is 398 g/mol. The molecule has 0 fully saturated rings. The van der Waals surface area contributed by atoms with Crippen molar-refractivity contribution in [1.29, 1.82) is 0 Å². The lowest BCUT2D eigenvalue weighted by Crippen LogP contribution is -2.10. The zero-order valence-electron chi connectivity index (χ0n) is 12.2. The van der Waals surface area contributed by atoms with Crippen LogP contribution in [-0.4, -0.2) is 18.3 Å². The lowest BCUT2D eigenvalue weighted by atomic mass is 10.2. The summed E-state index contributed by atoms with van der Waals surface area (Å²) in [5.41, 5.74) is -0.0546. The molecule has 0 saturated heterocycles. The zero-order chi connectivity index (χ0) is 18.2. The number of aromatic nitrogens is 1. The fourth-order valence-electron chi connectivity index (χ4n) is 2.12. The van der Waals surface area contributed by atoms with Gasteiger partial charge in [-0.1, -0.05) is 23.2 Å². The molecule has 2 aromatic carbocycles. The first-order valence-electron chi connectivity index (χ1n) is 6.71. The van der Waals surface area contributed by atoms with Crippen LogP contribution in [0, 0.1) is 10.1 Å². The minimum absolute atomic E-state index is 0.0262. The molecule has 0 spiro atoms. The average Bonchev–Trinajstić information content (AvgIpc) is 2.59. The van der Waals surface area contributed by atoms with Gasteiger partial charge in [-0.15, -0.1) is 0 Å². The van der Waals surface area contributed by atoms with Crippen LogP contribution in [0.4, 0.5) is 5.69 Å². The molecule has 0 unspecified atom stereocenters. The van der Waals surface area contributed by atoms with Gasteiger partial charge in [-0.2, -0.15) is 8.42 Å². The molecule has 0 aliphatic rings. The molecule has 3 aromatic rings. The van der Waals surface area contributed by atoms with Crippen LogP contribution < -0.4 is 4.18 Å².